The minimum absolute atomic E-state index is 0.237. The molecule has 1 saturated carbocycles. The van der Waals surface area contributed by atoms with Crippen LogP contribution in [0.2, 0.25) is 0 Å². The van der Waals surface area contributed by atoms with E-state index in [1.807, 2.05) is 48.5 Å². The van der Waals surface area contributed by atoms with Crippen LogP contribution in [0.4, 0.5) is 4.79 Å². The molecule has 8 nitrogen and oxygen atoms in total. The molecule has 0 spiro atoms. The molecule has 2 unspecified atom stereocenters. The highest BCUT2D eigenvalue weighted by atomic mass is 16.5. The zero-order valence-corrected chi connectivity index (χ0v) is 19.7. The van der Waals surface area contributed by atoms with Crippen LogP contribution in [0.25, 0.3) is 11.0 Å². The molecule has 1 aliphatic carbocycles. The van der Waals surface area contributed by atoms with E-state index in [1.165, 1.54) is 0 Å². The highest BCUT2D eigenvalue weighted by Gasteiger charge is 2.33. The number of esters is 1. The van der Waals surface area contributed by atoms with Crippen molar-refractivity contribution >= 4 is 23.0 Å². The average molecular weight is 465 g/mol. The second-order valence-electron chi connectivity index (χ2n) is 8.61. The predicted octanol–water partition coefficient (Wildman–Crippen LogP) is 4.28. The number of ether oxygens (including phenoxy) is 2. The molecule has 1 aliphatic rings. The third-order valence-electron chi connectivity index (χ3n) is 6.31. The van der Waals surface area contributed by atoms with E-state index in [2.05, 4.69) is 15.6 Å². The number of amides is 2. The van der Waals surface area contributed by atoms with E-state index < -0.39 is 0 Å². The summed E-state index contributed by atoms with van der Waals surface area (Å²) in [4.78, 5) is 33.6. The summed E-state index contributed by atoms with van der Waals surface area (Å²) in [5.74, 6) is 0.903. The molecule has 1 heterocycles. The number of fused-ring (bicyclic) bond motifs is 1. The van der Waals surface area contributed by atoms with Crippen molar-refractivity contribution < 1.29 is 19.1 Å². The number of nitrogens with zero attached hydrogens (tertiary/aromatic N) is 1. The fraction of sp³-hybridized carbons (Fsp3) is 0.423. The van der Waals surface area contributed by atoms with Crippen molar-refractivity contribution in [3.8, 4) is 5.75 Å². The van der Waals surface area contributed by atoms with Gasteiger partial charge in [0.05, 0.1) is 36.7 Å². The van der Waals surface area contributed by atoms with Gasteiger partial charge in [-0.1, -0.05) is 37.1 Å². The van der Waals surface area contributed by atoms with Crippen molar-refractivity contribution in [1.82, 2.24) is 20.6 Å². The molecule has 180 valence electrons. The van der Waals surface area contributed by atoms with E-state index in [0.717, 1.165) is 48.0 Å². The molecule has 1 aromatic heterocycles. The Morgan fingerprint density at radius 1 is 1.12 bits per heavy atom. The zero-order chi connectivity index (χ0) is 23.9. The van der Waals surface area contributed by atoms with E-state index in [1.54, 1.807) is 14.0 Å². The summed E-state index contributed by atoms with van der Waals surface area (Å²) in [6, 6.07) is 14.6. The van der Waals surface area contributed by atoms with Crippen molar-refractivity contribution in [2.24, 2.45) is 5.92 Å². The highest BCUT2D eigenvalue weighted by molar-refractivity contribution is 5.78. The number of aromatic amines is 1. The van der Waals surface area contributed by atoms with E-state index in [0.29, 0.717) is 18.9 Å². The van der Waals surface area contributed by atoms with Crippen molar-refractivity contribution in [2.75, 3.05) is 13.7 Å². The molecule has 0 radical (unpaired) electrons. The molecule has 0 saturated heterocycles. The normalized spacial score (nSPS) is 18.8. The molecule has 0 bridgehead atoms. The monoisotopic (exact) mass is 464 g/mol. The quantitative estimate of drug-likeness (QED) is 0.432. The Labute approximate surface area is 199 Å². The second-order valence-corrected chi connectivity index (χ2v) is 8.61. The molecular formula is C26H32N4O4. The van der Waals surface area contributed by atoms with Crippen molar-refractivity contribution in [2.45, 2.75) is 51.1 Å². The molecule has 34 heavy (non-hydrogen) atoms. The number of benzene rings is 2. The van der Waals surface area contributed by atoms with Gasteiger partial charge in [-0.25, -0.2) is 9.78 Å². The summed E-state index contributed by atoms with van der Waals surface area (Å²) in [6.45, 7) is 2.14. The number of urea groups is 1. The first kappa shape index (κ1) is 23.6. The third-order valence-corrected chi connectivity index (χ3v) is 6.31. The highest BCUT2D eigenvalue weighted by Crippen LogP contribution is 2.26. The van der Waals surface area contributed by atoms with Crippen LogP contribution >= 0.6 is 0 Å². The number of nitrogens with one attached hydrogen (secondary N) is 3. The molecule has 4 rings (SSSR count). The Balaban J connectivity index is 1.51. The lowest BCUT2D eigenvalue weighted by molar-refractivity contribution is -0.149. The van der Waals surface area contributed by atoms with Gasteiger partial charge in [0.15, 0.2) is 0 Å². The van der Waals surface area contributed by atoms with Crippen molar-refractivity contribution in [1.29, 1.82) is 0 Å². The topological polar surface area (TPSA) is 105 Å². The Hall–Kier alpha value is -3.55. The number of methoxy groups -OCH3 is 1. The predicted molar refractivity (Wildman–Crippen MR) is 130 cm³/mol. The van der Waals surface area contributed by atoms with Crippen LogP contribution in [-0.4, -0.2) is 41.7 Å². The average Bonchev–Trinajstić information content (AvgIpc) is 3.29. The zero-order valence-electron chi connectivity index (χ0n) is 19.7. The van der Waals surface area contributed by atoms with Gasteiger partial charge in [-0.15, -0.1) is 0 Å². The van der Waals surface area contributed by atoms with Crippen LogP contribution < -0.4 is 15.4 Å². The summed E-state index contributed by atoms with van der Waals surface area (Å²) < 4.78 is 10.5. The van der Waals surface area contributed by atoms with Gasteiger partial charge in [-0.3, -0.25) is 4.79 Å². The lowest BCUT2D eigenvalue weighted by Gasteiger charge is -2.31. The van der Waals surface area contributed by atoms with Crippen LogP contribution in [0.3, 0.4) is 0 Å². The van der Waals surface area contributed by atoms with Gasteiger partial charge in [-0.2, -0.15) is 0 Å². The largest absolute Gasteiger partial charge is 0.497 e. The SMILES string of the molecule is CCOC(=O)C1CCCCC1NC(=O)N[C@H](Cc1ccc(OC)cc1)c1nc2ccccc2[nH]1. The van der Waals surface area contributed by atoms with Crippen LogP contribution in [0.1, 0.15) is 50.0 Å². The summed E-state index contributed by atoms with van der Waals surface area (Å²) in [6.07, 6.45) is 3.96. The molecule has 3 N–H and O–H groups in total. The van der Waals surface area contributed by atoms with Crippen LogP contribution in [0.5, 0.6) is 5.75 Å². The number of imidazole rings is 1. The summed E-state index contributed by atoms with van der Waals surface area (Å²) in [7, 11) is 1.63. The number of aromatic nitrogens is 2. The fourth-order valence-electron chi connectivity index (χ4n) is 4.55. The first-order chi connectivity index (χ1) is 16.6. The Kier molecular flexibility index (Phi) is 7.67. The van der Waals surface area contributed by atoms with Crippen LogP contribution in [0.15, 0.2) is 48.5 Å². The Bertz CT molecular complexity index is 1080. The minimum Gasteiger partial charge on any atom is -0.497 e. The van der Waals surface area contributed by atoms with E-state index in [4.69, 9.17) is 14.5 Å². The third kappa shape index (κ3) is 5.68. The van der Waals surface area contributed by atoms with Crippen LogP contribution in [-0.2, 0) is 16.0 Å². The molecule has 8 heteroatoms. The van der Waals surface area contributed by atoms with Gasteiger partial charge in [0.1, 0.15) is 11.6 Å². The van der Waals surface area contributed by atoms with E-state index in [9.17, 15) is 9.59 Å². The smallest absolute Gasteiger partial charge is 0.315 e. The standard InChI is InChI=1S/C26H32N4O4/c1-3-34-25(31)19-8-4-5-9-20(19)29-26(32)30-23(16-17-12-14-18(33-2)15-13-17)24-27-21-10-6-7-11-22(21)28-24/h6-7,10-15,19-20,23H,3-5,8-9,16H2,1-2H3,(H,27,28)(H2,29,30,32)/t19?,20?,23-/m1/s1. The second kappa shape index (κ2) is 11.0. The summed E-state index contributed by atoms with van der Waals surface area (Å²) >= 11 is 0. The molecular weight excluding hydrogens is 432 g/mol. The maximum absolute atomic E-state index is 13.1. The molecule has 3 aromatic rings. The molecule has 2 aromatic carbocycles. The molecule has 0 aliphatic heterocycles. The van der Waals surface area contributed by atoms with Gasteiger partial charge in [0.25, 0.3) is 0 Å². The van der Waals surface area contributed by atoms with Crippen molar-refractivity contribution in [3.05, 3.63) is 59.9 Å². The van der Waals surface area contributed by atoms with Gasteiger partial charge < -0.3 is 25.1 Å². The number of hydrogen-bond acceptors (Lipinski definition) is 5. The minimum atomic E-state index is -0.384. The van der Waals surface area contributed by atoms with Gasteiger partial charge in [-0.05, 0) is 56.0 Å². The number of para-hydroxylation sites is 2. The maximum Gasteiger partial charge on any atom is 0.315 e. The van der Waals surface area contributed by atoms with E-state index in [-0.39, 0.29) is 30.0 Å². The van der Waals surface area contributed by atoms with Crippen LogP contribution in [0, 0.1) is 5.92 Å². The van der Waals surface area contributed by atoms with Gasteiger partial charge >= 0.3 is 12.0 Å². The first-order valence-corrected chi connectivity index (χ1v) is 11.9. The number of hydrogen-bond donors (Lipinski definition) is 3. The molecule has 2 amide bonds. The van der Waals surface area contributed by atoms with E-state index >= 15 is 0 Å². The summed E-state index contributed by atoms with van der Waals surface area (Å²) in [5, 5.41) is 6.12. The number of H-pyrrole nitrogens is 1. The first-order valence-electron chi connectivity index (χ1n) is 11.9. The maximum atomic E-state index is 13.1. The van der Waals surface area contributed by atoms with Gasteiger partial charge in [0, 0.05) is 6.04 Å². The Morgan fingerprint density at radius 2 is 1.88 bits per heavy atom. The van der Waals surface area contributed by atoms with Gasteiger partial charge in [0.2, 0.25) is 0 Å². The molecule has 1 fully saturated rings. The number of carbonyl (C=O) groups is 2. The fourth-order valence-corrected chi connectivity index (χ4v) is 4.55. The summed E-state index contributed by atoms with van der Waals surface area (Å²) in [5.41, 5.74) is 2.79. The number of rotatable bonds is 8. The lowest BCUT2D eigenvalue weighted by Crippen LogP contribution is -2.50. The number of carbonyl (C=O) groups excluding carboxylic acids is 2. The lowest BCUT2D eigenvalue weighted by atomic mass is 9.84. The molecule has 3 atom stereocenters. The Morgan fingerprint density at radius 3 is 2.62 bits per heavy atom. The van der Waals surface area contributed by atoms with Crippen molar-refractivity contribution in [3.63, 3.8) is 0 Å².